The van der Waals surface area contributed by atoms with Crippen molar-refractivity contribution in [1.82, 2.24) is 9.13 Å². The van der Waals surface area contributed by atoms with Crippen molar-refractivity contribution in [3.63, 3.8) is 0 Å². The van der Waals surface area contributed by atoms with E-state index in [0.29, 0.717) is 0 Å². The molecule has 0 aliphatic heterocycles. The standard InChI is InChI=1S/C90H56N2S2/c1-2-14-57(15-3-1)71-51-72(63-36-30-60(31-37-63)67-42-47-90-82(56-67)79-20-8-13-25-88(79)94-90)53-74(52-71)92-85-23-11-6-18-77(85)80-54-65(40-45-86(80)92)58-26-32-61(33-27-58)68-48-69(62-34-28-59(29-35-62)66-41-46-89-81(55-66)78-19-7-12-24-87(78)93-89)50-70(49-68)64-38-43-73(44-39-64)91-83-21-9-4-16-75(83)76-17-5-10-22-84(76)91/h1-56H. The van der Waals surface area contributed by atoms with Crippen LogP contribution in [-0.2, 0) is 0 Å². The monoisotopic (exact) mass is 1230 g/mol. The van der Waals surface area contributed by atoms with Crippen molar-refractivity contribution in [3.05, 3.63) is 340 Å². The summed E-state index contributed by atoms with van der Waals surface area (Å²) < 4.78 is 10.1. The summed E-state index contributed by atoms with van der Waals surface area (Å²) in [5.41, 5.74) is 26.0. The van der Waals surface area contributed by atoms with E-state index in [-0.39, 0.29) is 0 Å². The molecular weight excluding hydrogens is 1170 g/mol. The summed E-state index contributed by atoms with van der Waals surface area (Å²) in [5, 5.41) is 10.2. The topological polar surface area (TPSA) is 9.86 Å². The minimum absolute atomic E-state index is 1.12. The van der Waals surface area contributed by atoms with E-state index in [1.54, 1.807) is 0 Å². The van der Waals surface area contributed by atoms with E-state index in [4.69, 9.17) is 0 Å². The normalized spacial score (nSPS) is 11.8. The lowest BCUT2D eigenvalue weighted by molar-refractivity contribution is 1.18. The molecule has 0 N–H and O–H groups in total. The molecule has 0 atom stereocenters. The van der Waals surface area contributed by atoms with Gasteiger partial charge in [0.2, 0.25) is 0 Å². The molecule has 0 saturated heterocycles. The number of thiophene rings is 2. The fourth-order valence-electron chi connectivity index (χ4n) is 14.6. The Kier molecular flexibility index (Phi) is 12.7. The molecule has 0 amide bonds. The van der Waals surface area contributed by atoms with E-state index in [2.05, 4.69) is 349 Å². The van der Waals surface area contributed by atoms with Crippen LogP contribution in [0.25, 0.3) is 184 Å². The molecule has 0 spiro atoms. The van der Waals surface area contributed by atoms with E-state index in [1.807, 2.05) is 22.7 Å². The molecule has 2 nitrogen and oxygen atoms in total. The third kappa shape index (κ3) is 9.21. The summed E-state index contributed by atoms with van der Waals surface area (Å²) in [7, 11) is 0. The highest BCUT2D eigenvalue weighted by Gasteiger charge is 2.19. The van der Waals surface area contributed by atoms with Gasteiger partial charge < -0.3 is 9.13 Å². The van der Waals surface area contributed by atoms with Gasteiger partial charge in [-0.25, -0.2) is 0 Å². The average molecular weight is 1230 g/mol. The molecule has 94 heavy (non-hydrogen) atoms. The second-order valence-electron chi connectivity index (χ2n) is 24.8. The second-order valence-corrected chi connectivity index (χ2v) is 27.0. The van der Waals surface area contributed by atoms with Crippen molar-refractivity contribution in [3.8, 4) is 100 Å². The molecule has 19 aromatic rings. The fraction of sp³-hybridized carbons (Fsp3) is 0. The smallest absolute Gasteiger partial charge is 0.0541 e. The number of hydrogen-bond acceptors (Lipinski definition) is 2. The lowest BCUT2D eigenvalue weighted by atomic mass is 9.92. The summed E-state index contributed by atoms with van der Waals surface area (Å²) in [6, 6.07) is 126. The largest absolute Gasteiger partial charge is 0.309 e. The van der Waals surface area contributed by atoms with Crippen molar-refractivity contribution in [2.75, 3.05) is 0 Å². The molecule has 0 bridgehead atoms. The van der Waals surface area contributed by atoms with Gasteiger partial charge in [-0.05, 0) is 204 Å². The van der Waals surface area contributed by atoms with Gasteiger partial charge in [0.05, 0.1) is 22.1 Å². The zero-order valence-corrected chi connectivity index (χ0v) is 52.7. The van der Waals surface area contributed by atoms with Gasteiger partial charge >= 0.3 is 0 Å². The van der Waals surface area contributed by atoms with Crippen LogP contribution in [0.5, 0.6) is 0 Å². The number of aromatic nitrogens is 2. The third-order valence-corrected chi connectivity index (χ3v) is 21.6. The number of nitrogens with zero attached hydrogens (tertiary/aromatic N) is 2. The molecule has 4 heteroatoms. The Morgan fingerprint density at radius 3 is 0.862 bits per heavy atom. The van der Waals surface area contributed by atoms with Crippen molar-refractivity contribution < 1.29 is 0 Å². The first-order valence-electron chi connectivity index (χ1n) is 32.2. The summed E-state index contributed by atoms with van der Waals surface area (Å²) in [4.78, 5) is 0. The van der Waals surface area contributed by atoms with E-state index in [0.717, 1.165) is 16.9 Å². The predicted molar refractivity (Wildman–Crippen MR) is 404 cm³/mol. The zero-order valence-electron chi connectivity index (χ0n) is 51.0. The summed E-state index contributed by atoms with van der Waals surface area (Å²) in [5.74, 6) is 0. The summed E-state index contributed by atoms with van der Waals surface area (Å²) >= 11 is 3.72. The molecule has 19 rings (SSSR count). The molecule has 0 saturated carbocycles. The molecule has 4 heterocycles. The summed E-state index contributed by atoms with van der Waals surface area (Å²) in [6.45, 7) is 0. The van der Waals surface area contributed by atoms with E-state index in [9.17, 15) is 0 Å². The Morgan fingerprint density at radius 1 is 0.149 bits per heavy atom. The van der Waals surface area contributed by atoms with Gasteiger partial charge in [-0.2, -0.15) is 0 Å². The van der Waals surface area contributed by atoms with Crippen LogP contribution in [0.4, 0.5) is 0 Å². The fourth-order valence-corrected chi connectivity index (χ4v) is 16.8. The van der Waals surface area contributed by atoms with Gasteiger partial charge in [0.15, 0.2) is 0 Å². The summed E-state index contributed by atoms with van der Waals surface area (Å²) in [6.07, 6.45) is 0. The second kappa shape index (κ2) is 22.0. The molecule has 0 aliphatic rings. The van der Waals surface area contributed by atoms with Crippen LogP contribution in [0.2, 0.25) is 0 Å². The van der Waals surface area contributed by atoms with Gasteiger partial charge in [-0.15, -0.1) is 22.7 Å². The Bertz CT molecular complexity index is 6130. The third-order valence-electron chi connectivity index (χ3n) is 19.3. The Balaban J connectivity index is 0.676. The Hall–Kier alpha value is -11.7. The van der Waals surface area contributed by atoms with Gasteiger partial charge in [0.1, 0.15) is 0 Å². The van der Waals surface area contributed by atoms with Gasteiger partial charge in [0, 0.05) is 73.3 Å². The minimum Gasteiger partial charge on any atom is -0.309 e. The molecule has 15 aromatic carbocycles. The molecule has 0 unspecified atom stereocenters. The maximum atomic E-state index is 2.46. The number of fused-ring (bicyclic) bond motifs is 12. The van der Waals surface area contributed by atoms with E-state index in [1.165, 1.54) is 167 Å². The Morgan fingerprint density at radius 2 is 0.426 bits per heavy atom. The quantitative estimate of drug-likeness (QED) is 0.129. The first-order valence-corrected chi connectivity index (χ1v) is 33.8. The zero-order chi connectivity index (χ0) is 61.8. The highest BCUT2D eigenvalue weighted by Crippen LogP contribution is 2.43. The first kappa shape index (κ1) is 54.1. The average Bonchev–Trinajstić information content (AvgIpc) is 1.63. The number of rotatable bonds is 10. The molecular formula is C90H56N2S2. The van der Waals surface area contributed by atoms with E-state index >= 15 is 0 Å². The number of benzene rings is 15. The van der Waals surface area contributed by atoms with Crippen molar-refractivity contribution >= 4 is 107 Å². The lowest BCUT2D eigenvalue weighted by Gasteiger charge is -2.15. The highest BCUT2D eigenvalue weighted by molar-refractivity contribution is 7.26. The van der Waals surface area contributed by atoms with Crippen LogP contribution < -0.4 is 0 Å². The van der Waals surface area contributed by atoms with Gasteiger partial charge in [-0.1, -0.05) is 224 Å². The Labute approximate surface area is 552 Å². The predicted octanol–water partition coefficient (Wildman–Crippen LogP) is 26.0. The van der Waals surface area contributed by atoms with Crippen LogP contribution in [0.3, 0.4) is 0 Å². The molecule has 4 aromatic heterocycles. The molecule has 0 fully saturated rings. The van der Waals surface area contributed by atoms with Gasteiger partial charge in [0.25, 0.3) is 0 Å². The van der Waals surface area contributed by atoms with Gasteiger partial charge in [-0.3, -0.25) is 0 Å². The van der Waals surface area contributed by atoms with Crippen molar-refractivity contribution in [2.24, 2.45) is 0 Å². The molecule has 438 valence electrons. The molecule has 0 radical (unpaired) electrons. The van der Waals surface area contributed by atoms with Crippen LogP contribution in [0.1, 0.15) is 0 Å². The van der Waals surface area contributed by atoms with Crippen molar-refractivity contribution in [2.45, 2.75) is 0 Å². The van der Waals surface area contributed by atoms with Crippen LogP contribution >= 0.6 is 22.7 Å². The molecule has 0 aliphatic carbocycles. The maximum Gasteiger partial charge on any atom is 0.0541 e. The van der Waals surface area contributed by atoms with Crippen LogP contribution in [0, 0.1) is 0 Å². The number of hydrogen-bond donors (Lipinski definition) is 0. The maximum absolute atomic E-state index is 2.46. The lowest BCUT2D eigenvalue weighted by Crippen LogP contribution is -1.96. The van der Waals surface area contributed by atoms with Crippen LogP contribution in [-0.4, -0.2) is 9.13 Å². The minimum atomic E-state index is 1.12. The SMILES string of the molecule is c1ccc(-c2cc(-c3ccc(-c4ccc5sc6ccccc6c5c4)cc3)cc(-n3c4ccccc4c4cc(-c5ccc(-c6cc(-c7ccc(-c8ccc9sc%10ccccc%10c9c8)cc7)cc(-c7ccc(-n8c9ccccc9c9ccccc98)cc7)c6)cc5)ccc43)c2)cc1. The van der Waals surface area contributed by atoms with E-state index < -0.39 is 0 Å². The van der Waals surface area contributed by atoms with Crippen LogP contribution in [0.15, 0.2) is 340 Å². The van der Waals surface area contributed by atoms with Crippen molar-refractivity contribution in [1.29, 1.82) is 0 Å². The first-order chi connectivity index (χ1) is 46.5. The highest BCUT2D eigenvalue weighted by atomic mass is 32.1. The number of para-hydroxylation sites is 3.